The summed E-state index contributed by atoms with van der Waals surface area (Å²) in [6.45, 7) is 4.84. The van der Waals surface area contributed by atoms with Gasteiger partial charge in [0.1, 0.15) is 11.5 Å². The Bertz CT molecular complexity index is 798. The fraction of sp³-hybridized carbons (Fsp3) is 0.476. The van der Waals surface area contributed by atoms with Crippen LogP contribution < -0.4 is 19.9 Å². The van der Waals surface area contributed by atoms with Gasteiger partial charge >= 0.3 is 0 Å². The average molecular weight is 386 g/mol. The molecule has 0 radical (unpaired) electrons. The lowest BCUT2D eigenvalue weighted by Crippen LogP contribution is -2.42. The van der Waals surface area contributed by atoms with Gasteiger partial charge in [-0.25, -0.2) is 4.39 Å². The summed E-state index contributed by atoms with van der Waals surface area (Å²) in [5, 5.41) is 3.61. The number of halogens is 1. The quantitative estimate of drug-likeness (QED) is 0.852. The second-order valence-corrected chi connectivity index (χ2v) is 7.25. The highest BCUT2D eigenvalue weighted by Gasteiger charge is 2.24. The molecule has 0 aliphatic carbocycles. The molecule has 0 spiro atoms. The number of methoxy groups -OCH3 is 1. The first-order valence-corrected chi connectivity index (χ1v) is 9.86. The number of hydrogen-bond acceptors (Lipinski definition) is 6. The average Bonchev–Trinajstić information content (AvgIpc) is 2.74. The number of ether oxygens (including phenoxy) is 2. The van der Waals surface area contributed by atoms with E-state index in [-0.39, 0.29) is 11.9 Å². The van der Waals surface area contributed by atoms with Crippen molar-refractivity contribution in [1.29, 1.82) is 0 Å². The molecule has 0 bridgehead atoms. The highest BCUT2D eigenvalue weighted by atomic mass is 19.1. The Morgan fingerprint density at radius 1 is 1.18 bits per heavy atom. The van der Waals surface area contributed by atoms with E-state index in [0.717, 1.165) is 61.8 Å². The lowest BCUT2D eigenvalue weighted by atomic mass is 10.0. The summed E-state index contributed by atoms with van der Waals surface area (Å²) >= 11 is 0. The first kappa shape index (κ1) is 18.8. The van der Waals surface area contributed by atoms with Gasteiger partial charge in [0.25, 0.3) is 0 Å². The summed E-state index contributed by atoms with van der Waals surface area (Å²) in [4.78, 5) is 8.92. The number of pyridine rings is 1. The molecule has 7 heteroatoms. The second kappa shape index (κ2) is 8.65. The van der Waals surface area contributed by atoms with Crippen molar-refractivity contribution >= 4 is 17.1 Å². The Hall–Kier alpha value is -2.54. The smallest absolute Gasteiger partial charge is 0.168 e. The zero-order chi connectivity index (χ0) is 19.3. The molecule has 0 unspecified atom stereocenters. The third-order valence-corrected chi connectivity index (χ3v) is 5.39. The molecule has 1 atom stereocenters. The Labute approximate surface area is 165 Å². The van der Waals surface area contributed by atoms with Crippen LogP contribution in [-0.4, -0.2) is 57.5 Å². The lowest BCUT2D eigenvalue weighted by molar-refractivity contribution is 0.122. The highest BCUT2D eigenvalue weighted by molar-refractivity contribution is 5.71. The number of nitrogens with zero attached hydrogens (tertiary/aromatic N) is 3. The molecule has 150 valence electrons. The molecular formula is C21H27FN4O2. The molecule has 1 N–H and O–H groups in total. The highest BCUT2D eigenvalue weighted by Crippen LogP contribution is 2.36. The van der Waals surface area contributed by atoms with Gasteiger partial charge in [0.05, 0.1) is 38.4 Å². The van der Waals surface area contributed by atoms with Crippen LogP contribution in [0.1, 0.15) is 12.8 Å². The van der Waals surface area contributed by atoms with Crippen LogP contribution in [0, 0.1) is 5.82 Å². The van der Waals surface area contributed by atoms with Crippen LogP contribution in [0.3, 0.4) is 0 Å². The van der Waals surface area contributed by atoms with E-state index >= 15 is 0 Å². The van der Waals surface area contributed by atoms with Gasteiger partial charge in [0.15, 0.2) is 5.75 Å². The van der Waals surface area contributed by atoms with Gasteiger partial charge in [-0.05, 0) is 31.0 Å². The van der Waals surface area contributed by atoms with E-state index < -0.39 is 0 Å². The summed E-state index contributed by atoms with van der Waals surface area (Å²) in [5.41, 5.74) is 2.82. The monoisotopic (exact) mass is 386 g/mol. The lowest BCUT2D eigenvalue weighted by Gasteiger charge is -2.36. The second-order valence-electron chi connectivity index (χ2n) is 7.25. The molecule has 2 aromatic rings. The van der Waals surface area contributed by atoms with Crippen LogP contribution in [0.5, 0.6) is 5.75 Å². The summed E-state index contributed by atoms with van der Waals surface area (Å²) in [6.07, 6.45) is 5.78. The van der Waals surface area contributed by atoms with Crippen LogP contribution in [0.25, 0.3) is 0 Å². The zero-order valence-corrected chi connectivity index (χ0v) is 16.2. The SMILES string of the molecule is COc1c(N[C@@H]2CCCN(c3cccc(F)c3)C2)cncc1N1CCOCC1. The number of aromatic nitrogens is 1. The van der Waals surface area contributed by atoms with Gasteiger partial charge in [-0.1, -0.05) is 6.07 Å². The van der Waals surface area contributed by atoms with Gasteiger partial charge in [0.2, 0.25) is 0 Å². The summed E-state index contributed by atoms with van der Waals surface area (Å²) < 4.78 is 24.8. The first-order valence-electron chi connectivity index (χ1n) is 9.86. The molecule has 4 rings (SSSR count). The molecule has 2 aliphatic rings. The Morgan fingerprint density at radius 3 is 2.82 bits per heavy atom. The fourth-order valence-electron chi connectivity index (χ4n) is 4.01. The van der Waals surface area contributed by atoms with Crippen LogP contribution in [0.2, 0.25) is 0 Å². The number of nitrogens with one attached hydrogen (secondary N) is 1. The maximum atomic E-state index is 13.6. The van der Waals surface area contributed by atoms with Crippen LogP contribution in [0.4, 0.5) is 21.5 Å². The van der Waals surface area contributed by atoms with E-state index in [1.54, 1.807) is 19.2 Å². The number of rotatable bonds is 5. The zero-order valence-electron chi connectivity index (χ0n) is 16.2. The number of benzene rings is 1. The normalized spacial score (nSPS) is 20.1. The molecule has 0 amide bonds. The van der Waals surface area contributed by atoms with Crippen LogP contribution in [0.15, 0.2) is 36.7 Å². The molecule has 28 heavy (non-hydrogen) atoms. The van der Waals surface area contributed by atoms with Crippen molar-refractivity contribution < 1.29 is 13.9 Å². The number of anilines is 3. The van der Waals surface area contributed by atoms with Gasteiger partial charge in [0, 0.05) is 37.9 Å². The van der Waals surface area contributed by atoms with Gasteiger partial charge < -0.3 is 24.6 Å². The Balaban J connectivity index is 1.50. The van der Waals surface area contributed by atoms with Crippen molar-refractivity contribution in [1.82, 2.24) is 4.98 Å². The molecule has 6 nitrogen and oxygen atoms in total. The summed E-state index contributed by atoms with van der Waals surface area (Å²) in [7, 11) is 1.70. The van der Waals surface area contributed by atoms with E-state index in [1.165, 1.54) is 6.07 Å². The number of hydrogen-bond donors (Lipinski definition) is 1. The third kappa shape index (κ3) is 4.14. The first-order chi connectivity index (χ1) is 13.7. The van der Waals surface area contributed by atoms with Crippen molar-refractivity contribution in [2.75, 3.05) is 61.6 Å². The minimum absolute atomic E-state index is 0.198. The van der Waals surface area contributed by atoms with Crippen LogP contribution in [-0.2, 0) is 4.74 Å². The van der Waals surface area contributed by atoms with E-state index in [9.17, 15) is 4.39 Å². The van der Waals surface area contributed by atoms with Crippen molar-refractivity contribution in [2.24, 2.45) is 0 Å². The molecule has 3 heterocycles. The topological polar surface area (TPSA) is 49.9 Å². The van der Waals surface area contributed by atoms with Gasteiger partial charge in [-0.15, -0.1) is 0 Å². The molecule has 2 fully saturated rings. The number of piperidine rings is 1. The minimum atomic E-state index is -0.198. The molecular weight excluding hydrogens is 359 g/mol. The van der Waals surface area contributed by atoms with Crippen LogP contribution >= 0.6 is 0 Å². The van der Waals surface area contributed by atoms with Crippen molar-refractivity contribution in [2.45, 2.75) is 18.9 Å². The Kier molecular flexibility index (Phi) is 5.81. The van der Waals surface area contributed by atoms with Gasteiger partial charge in [-0.3, -0.25) is 4.98 Å². The fourth-order valence-corrected chi connectivity index (χ4v) is 4.01. The maximum absolute atomic E-state index is 13.6. The predicted octanol–water partition coefficient (Wildman–Crippen LogP) is 3.15. The molecule has 2 aliphatic heterocycles. The Morgan fingerprint density at radius 2 is 2.04 bits per heavy atom. The molecule has 2 saturated heterocycles. The van der Waals surface area contributed by atoms with Crippen molar-refractivity contribution in [3.63, 3.8) is 0 Å². The molecule has 1 aromatic carbocycles. The minimum Gasteiger partial charge on any atom is -0.492 e. The summed E-state index contributed by atoms with van der Waals surface area (Å²) in [6, 6.07) is 7.06. The van der Waals surface area contributed by atoms with Crippen molar-refractivity contribution in [3.8, 4) is 5.75 Å². The predicted molar refractivity (Wildman–Crippen MR) is 109 cm³/mol. The summed E-state index contributed by atoms with van der Waals surface area (Å²) in [5.74, 6) is 0.622. The molecule has 0 saturated carbocycles. The standard InChI is InChI=1S/C21H27FN4O2/c1-27-21-19(13-23-14-20(21)25-8-10-28-11-9-25)24-17-5-3-7-26(15-17)18-6-2-4-16(22)12-18/h2,4,6,12-14,17,24H,3,5,7-11,15H2,1H3/t17-/m1/s1. The largest absolute Gasteiger partial charge is 0.492 e. The molecule has 1 aromatic heterocycles. The van der Waals surface area contributed by atoms with Crippen molar-refractivity contribution in [3.05, 3.63) is 42.5 Å². The van der Waals surface area contributed by atoms with E-state index in [0.29, 0.717) is 13.2 Å². The third-order valence-electron chi connectivity index (χ3n) is 5.39. The van der Waals surface area contributed by atoms with E-state index in [4.69, 9.17) is 9.47 Å². The van der Waals surface area contributed by atoms with E-state index in [1.807, 2.05) is 18.5 Å². The maximum Gasteiger partial charge on any atom is 0.168 e. The van der Waals surface area contributed by atoms with E-state index in [2.05, 4.69) is 20.1 Å². The van der Waals surface area contributed by atoms with Gasteiger partial charge in [-0.2, -0.15) is 0 Å². The number of morpholine rings is 1.